The van der Waals surface area contributed by atoms with E-state index in [1.165, 1.54) is 0 Å². The van der Waals surface area contributed by atoms with Gasteiger partial charge < -0.3 is 16.4 Å². The van der Waals surface area contributed by atoms with E-state index < -0.39 is 0 Å². The van der Waals surface area contributed by atoms with Gasteiger partial charge in [-0.15, -0.1) is 0 Å². The Bertz CT molecular complexity index is 258. The average Bonchev–Trinajstić information content (AvgIpc) is 2.47. The Hall–Kier alpha value is -1.10. The maximum atomic E-state index is 11.4. The van der Waals surface area contributed by atoms with Gasteiger partial charge in [0, 0.05) is 24.9 Å². The molecule has 0 radical (unpaired) electrons. The summed E-state index contributed by atoms with van der Waals surface area (Å²) in [5.41, 5.74) is 5.45. The highest BCUT2D eigenvalue weighted by Gasteiger charge is 2.23. The largest absolute Gasteiger partial charge is 0.354 e. The molecule has 0 aliphatic carbocycles. The van der Waals surface area contributed by atoms with Gasteiger partial charge in [-0.05, 0) is 20.3 Å². The topological polar surface area (TPSA) is 84.2 Å². The van der Waals surface area contributed by atoms with Gasteiger partial charge in [0.15, 0.2) is 0 Å². The standard InChI is InChI=1S/C10H19N3O2/c1-10(2,11)4-3-8(14)13-7-5-9(15)12-6-7/h7H,3-6,11H2,1-2H3,(H,12,15)(H,13,14). The van der Waals surface area contributed by atoms with Gasteiger partial charge in [0.1, 0.15) is 0 Å². The van der Waals surface area contributed by atoms with Crippen LogP contribution >= 0.6 is 0 Å². The zero-order valence-corrected chi connectivity index (χ0v) is 9.30. The molecule has 1 heterocycles. The van der Waals surface area contributed by atoms with Crippen molar-refractivity contribution in [3.63, 3.8) is 0 Å². The van der Waals surface area contributed by atoms with Crippen LogP contribution < -0.4 is 16.4 Å². The maximum Gasteiger partial charge on any atom is 0.222 e. The zero-order chi connectivity index (χ0) is 11.5. The predicted octanol–water partition coefficient (Wildman–Crippen LogP) is -0.491. The Balaban J connectivity index is 2.22. The fraction of sp³-hybridized carbons (Fsp3) is 0.800. The van der Waals surface area contributed by atoms with Crippen molar-refractivity contribution in [2.24, 2.45) is 5.73 Å². The minimum Gasteiger partial charge on any atom is -0.354 e. The van der Waals surface area contributed by atoms with Crippen LogP contribution in [0.25, 0.3) is 0 Å². The molecular weight excluding hydrogens is 194 g/mol. The minimum absolute atomic E-state index is 0.000505. The number of rotatable bonds is 4. The van der Waals surface area contributed by atoms with Gasteiger partial charge in [-0.2, -0.15) is 0 Å². The molecule has 1 unspecified atom stereocenters. The Morgan fingerprint density at radius 2 is 2.33 bits per heavy atom. The summed E-state index contributed by atoms with van der Waals surface area (Å²) in [6.07, 6.45) is 1.44. The summed E-state index contributed by atoms with van der Waals surface area (Å²) < 4.78 is 0. The van der Waals surface area contributed by atoms with Crippen LogP contribution in [0.2, 0.25) is 0 Å². The first kappa shape index (κ1) is 12.0. The molecule has 1 fully saturated rings. The average molecular weight is 213 g/mol. The molecule has 5 heteroatoms. The van der Waals surface area contributed by atoms with Crippen molar-refractivity contribution in [2.45, 2.75) is 44.7 Å². The third-order valence-corrected chi connectivity index (χ3v) is 2.34. The van der Waals surface area contributed by atoms with Crippen molar-refractivity contribution >= 4 is 11.8 Å². The number of carbonyl (C=O) groups excluding carboxylic acids is 2. The van der Waals surface area contributed by atoms with E-state index in [2.05, 4.69) is 10.6 Å². The number of hydrogen-bond donors (Lipinski definition) is 3. The summed E-state index contributed by atoms with van der Waals surface area (Å²) in [5, 5.41) is 5.47. The number of amides is 2. The van der Waals surface area contributed by atoms with Crippen LogP contribution in [0.4, 0.5) is 0 Å². The van der Waals surface area contributed by atoms with Gasteiger partial charge in [0.05, 0.1) is 6.04 Å². The first-order chi connectivity index (χ1) is 6.87. The van der Waals surface area contributed by atoms with Crippen molar-refractivity contribution in [3.8, 4) is 0 Å². The minimum atomic E-state index is -0.318. The molecule has 2 amide bonds. The zero-order valence-electron chi connectivity index (χ0n) is 9.30. The summed E-state index contributed by atoms with van der Waals surface area (Å²) in [7, 11) is 0. The fourth-order valence-electron chi connectivity index (χ4n) is 1.44. The van der Waals surface area contributed by atoms with Crippen LogP contribution in [-0.4, -0.2) is 29.9 Å². The lowest BCUT2D eigenvalue weighted by molar-refractivity contribution is -0.122. The molecule has 0 aromatic rings. The summed E-state index contributed by atoms with van der Waals surface area (Å²) in [6.45, 7) is 4.32. The van der Waals surface area contributed by atoms with E-state index in [1.807, 2.05) is 13.8 Å². The van der Waals surface area contributed by atoms with Crippen molar-refractivity contribution in [1.82, 2.24) is 10.6 Å². The Kier molecular flexibility index (Phi) is 3.68. The van der Waals surface area contributed by atoms with Crippen molar-refractivity contribution < 1.29 is 9.59 Å². The number of carbonyl (C=O) groups is 2. The van der Waals surface area contributed by atoms with E-state index >= 15 is 0 Å². The highest BCUT2D eigenvalue weighted by Crippen LogP contribution is 2.07. The second-order valence-electron chi connectivity index (χ2n) is 4.76. The second kappa shape index (κ2) is 4.61. The molecule has 15 heavy (non-hydrogen) atoms. The molecule has 4 N–H and O–H groups in total. The third kappa shape index (κ3) is 4.78. The SMILES string of the molecule is CC(C)(N)CCC(=O)NC1CNC(=O)C1. The van der Waals surface area contributed by atoms with E-state index in [1.54, 1.807) is 0 Å². The first-order valence-corrected chi connectivity index (χ1v) is 5.22. The molecule has 1 atom stereocenters. The number of hydrogen-bond acceptors (Lipinski definition) is 3. The maximum absolute atomic E-state index is 11.4. The van der Waals surface area contributed by atoms with Gasteiger partial charge in [-0.1, -0.05) is 0 Å². The van der Waals surface area contributed by atoms with Gasteiger partial charge in [0.25, 0.3) is 0 Å². The van der Waals surface area contributed by atoms with Crippen LogP contribution in [0.1, 0.15) is 33.1 Å². The molecule has 86 valence electrons. The highest BCUT2D eigenvalue weighted by molar-refractivity contribution is 5.82. The molecule has 1 saturated heterocycles. The van der Waals surface area contributed by atoms with Crippen LogP contribution in [0, 0.1) is 0 Å². The van der Waals surface area contributed by atoms with Crippen molar-refractivity contribution in [3.05, 3.63) is 0 Å². The lowest BCUT2D eigenvalue weighted by Crippen LogP contribution is -2.38. The molecule has 0 aromatic carbocycles. The number of nitrogens with one attached hydrogen (secondary N) is 2. The Morgan fingerprint density at radius 1 is 1.67 bits per heavy atom. The van der Waals surface area contributed by atoms with Gasteiger partial charge in [-0.3, -0.25) is 9.59 Å². The van der Waals surface area contributed by atoms with E-state index in [0.717, 1.165) is 0 Å². The molecule has 0 bridgehead atoms. The highest BCUT2D eigenvalue weighted by atomic mass is 16.2. The van der Waals surface area contributed by atoms with Crippen LogP contribution in [0.15, 0.2) is 0 Å². The summed E-state index contributed by atoms with van der Waals surface area (Å²) >= 11 is 0. The van der Waals surface area contributed by atoms with Gasteiger partial charge in [-0.25, -0.2) is 0 Å². The predicted molar refractivity (Wildman–Crippen MR) is 57.1 cm³/mol. The fourth-order valence-corrected chi connectivity index (χ4v) is 1.44. The van der Waals surface area contributed by atoms with Crippen LogP contribution in [-0.2, 0) is 9.59 Å². The summed E-state index contributed by atoms with van der Waals surface area (Å²) in [5.74, 6) is -0.0329. The lowest BCUT2D eigenvalue weighted by Gasteiger charge is -2.18. The van der Waals surface area contributed by atoms with E-state index in [0.29, 0.717) is 25.8 Å². The molecule has 0 saturated carbocycles. The lowest BCUT2D eigenvalue weighted by atomic mass is 10.00. The Labute approximate surface area is 89.8 Å². The smallest absolute Gasteiger partial charge is 0.222 e. The first-order valence-electron chi connectivity index (χ1n) is 5.22. The molecule has 0 spiro atoms. The monoisotopic (exact) mass is 213 g/mol. The van der Waals surface area contributed by atoms with Crippen LogP contribution in [0.5, 0.6) is 0 Å². The molecule has 1 aliphatic heterocycles. The molecule has 0 aromatic heterocycles. The van der Waals surface area contributed by atoms with E-state index in [-0.39, 0.29) is 23.4 Å². The quantitative estimate of drug-likeness (QED) is 0.589. The number of nitrogens with two attached hydrogens (primary N) is 1. The van der Waals surface area contributed by atoms with E-state index in [9.17, 15) is 9.59 Å². The third-order valence-electron chi connectivity index (χ3n) is 2.34. The van der Waals surface area contributed by atoms with Crippen molar-refractivity contribution in [1.29, 1.82) is 0 Å². The van der Waals surface area contributed by atoms with E-state index in [4.69, 9.17) is 5.73 Å². The van der Waals surface area contributed by atoms with Gasteiger partial charge >= 0.3 is 0 Å². The van der Waals surface area contributed by atoms with Crippen LogP contribution in [0.3, 0.4) is 0 Å². The Morgan fingerprint density at radius 3 is 2.80 bits per heavy atom. The van der Waals surface area contributed by atoms with Gasteiger partial charge in [0.2, 0.25) is 11.8 Å². The molecule has 5 nitrogen and oxygen atoms in total. The molecular formula is C10H19N3O2. The normalized spacial score (nSPS) is 21.3. The second-order valence-corrected chi connectivity index (χ2v) is 4.76. The summed E-state index contributed by atoms with van der Waals surface area (Å²) in [6, 6.07) is -0.0501. The molecule has 1 aliphatic rings. The van der Waals surface area contributed by atoms with Crippen molar-refractivity contribution in [2.75, 3.05) is 6.54 Å². The molecule has 1 rings (SSSR count). The summed E-state index contributed by atoms with van der Waals surface area (Å²) in [4.78, 5) is 22.3.